The number of hydrogen-bond acceptors (Lipinski definition) is 3. The van der Waals surface area contributed by atoms with Crippen molar-refractivity contribution in [2.75, 3.05) is 11.9 Å². The highest BCUT2D eigenvalue weighted by atomic mass is 32.1. The van der Waals surface area contributed by atoms with Gasteiger partial charge in [-0.15, -0.1) is 0 Å². The van der Waals surface area contributed by atoms with Gasteiger partial charge in [0, 0.05) is 12.2 Å². The van der Waals surface area contributed by atoms with E-state index in [1.54, 1.807) is 6.07 Å². The molecule has 100 valence electrons. The third kappa shape index (κ3) is 4.04. The van der Waals surface area contributed by atoms with Crippen molar-refractivity contribution in [3.8, 4) is 0 Å². The lowest BCUT2D eigenvalue weighted by Gasteiger charge is -2.11. The van der Waals surface area contributed by atoms with Gasteiger partial charge in [0.1, 0.15) is 5.82 Å². The molecule has 1 unspecified atom stereocenters. The second kappa shape index (κ2) is 6.31. The van der Waals surface area contributed by atoms with Crippen LogP contribution in [0.25, 0.3) is 0 Å². The SMILES string of the molecule is O=C(NCC(O)c1ccsc1)Nc1ccc(F)cc1. The van der Waals surface area contributed by atoms with Crippen molar-refractivity contribution in [3.05, 3.63) is 52.5 Å². The Bertz CT molecular complexity index is 528. The van der Waals surface area contributed by atoms with Crippen molar-refractivity contribution in [3.63, 3.8) is 0 Å². The van der Waals surface area contributed by atoms with Crippen molar-refractivity contribution in [1.29, 1.82) is 0 Å². The zero-order valence-electron chi connectivity index (χ0n) is 9.97. The first-order valence-corrected chi connectivity index (χ1v) is 6.60. The van der Waals surface area contributed by atoms with E-state index in [0.717, 1.165) is 5.56 Å². The average Bonchev–Trinajstić information content (AvgIpc) is 2.93. The van der Waals surface area contributed by atoms with Crippen molar-refractivity contribution in [2.24, 2.45) is 0 Å². The van der Waals surface area contributed by atoms with Crippen molar-refractivity contribution in [2.45, 2.75) is 6.10 Å². The Kier molecular flexibility index (Phi) is 4.48. The van der Waals surface area contributed by atoms with Gasteiger partial charge in [0.15, 0.2) is 0 Å². The lowest BCUT2D eigenvalue weighted by molar-refractivity contribution is 0.175. The van der Waals surface area contributed by atoms with Crippen LogP contribution in [0.4, 0.5) is 14.9 Å². The van der Waals surface area contributed by atoms with E-state index in [1.165, 1.54) is 35.6 Å². The molecule has 6 heteroatoms. The summed E-state index contributed by atoms with van der Waals surface area (Å²) in [5, 5.41) is 18.5. The Morgan fingerprint density at radius 3 is 2.68 bits per heavy atom. The largest absolute Gasteiger partial charge is 0.387 e. The average molecular weight is 280 g/mol. The summed E-state index contributed by atoms with van der Waals surface area (Å²) in [6.45, 7) is 0.115. The number of hydrogen-bond donors (Lipinski definition) is 3. The summed E-state index contributed by atoms with van der Waals surface area (Å²) in [6, 6.07) is 6.80. The van der Waals surface area contributed by atoms with Crippen LogP contribution in [0.15, 0.2) is 41.1 Å². The molecule has 2 rings (SSSR count). The summed E-state index contributed by atoms with van der Waals surface area (Å²) in [7, 11) is 0. The van der Waals surface area contributed by atoms with Crippen LogP contribution in [-0.2, 0) is 0 Å². The fourth-order valence-electron chi connectivity index (χ4n) is 1.48. The van der Waals surface area contributed by atoms with Crippen molar-refractivity contribution in [1.82, 2.24) is 5.32 Å². The van der Waals surface area contributed by atoms with Gasteiger partial charge in [0.2, 0.25) is 0 Å². The summed E-state index contributed by atoms with van der Waals surface area (Å²) < 4.78 is 12.7. The van der Waals surface area contributed by atoms with Gasteiger partial charge >= 0.3 is 6.03 Å². The van der Waals surface area contributed by atoms with Crippen LogP contribution in [-0.4, -0.2) is 17.7 Å². The number of aliphatic hydroxyl groups is 1. The van der Waals surface area contributed by atoms with E-state index in [0.29, 0.717) is 5.69 Å². The summed E-state index contributed by atoms with van der Waals surface area (Å²) in [5.74, 6) is -0.362. The fraction of sp³-hybridized carbons (Fsp3) is 0.154. The normalized spacial score (nSPS) is 11.9. The molecule has 2 amide bonds. The molecule has 0 aliphatic heterocycles. The Morgan fingerprint density at radius 2 is 2.05 bits per heavy atom. The first-order valence-electron chi connectivity index (χ1n) is 5.66. The maximum atomic E-state index is 12.7. The lowest BCUT2D eigenvalue weighted by atomic mass is 10.2. The molecule has 2 aromatic rings. The summed E-state index contributed by atoms with van der Waals surface area (Å²) in [4.78, 5) is 11.5. The third-order valence-electron chi connectivity index (χ3n) is 2.49. The van der Waals surface area contributed by atoms with Crippen LogP contribution in [0.5, 0.6) is 0 Å². The number of amides is 2. The fourth-order valence-corrected chi connectivity index (χ4v) is 2.19. The predicted molar refractivity (Wildman–Crippen MR) is 72.7 cm³/mol. The second-order valence-corrected chi connectivity index (χ2v) is 4.69. The Labute approximate surface area is 113 Å². The number of carbonyl (C=O) groups is 1. The lowest BCUT2D eigenvalue weighted by Crippen LogP contribution is -2.32. The molecule has 0 aliphatic carbocycles. The number of rotatable bonds is 4. The van der Waals surface area contributed by atoms with Crippen LogP contribution in [0.2, 0.25) is 0 Å². The molecule has 0 saturated carbocycles. The molecule has 1 atom stereocenters. The summed E-state index contributed by atoms with van der Waals surface area (Å²) in [5.41, 5.74) is 1.26. The number of thiophene rings is 1. The van der Waals surface area contributed by atoms with Crippen LogP contribution in [0.1, 0.15) is 11.7 Å². The zero-order chi connectivity index (χ0) is 13.7. The Hall–Kier alpha value is -1.92. The summed E-state index contributed by atoms with van der Waals surface area (Å²) >= 11 is 1.48. The molecule has 1 heterocycles. The Morgan fingerprint density at radius 1 is 1.32 bits per heavy atom. The van der Waals surface area contributed by atoms with Crippen LogP contribution in [0, 0.1) is 5.82 Å². The maximum absolute atomic E-state index is 12.7. The molecule has 0 spiro atoms. The third-order valence-corrected chi connectivity index (χ3v) is 3.19. The van der Waals surface area contributed by atoms with E-state index < -0.39 is 12.1 Å². The predicted octanol–water partition coefficient (Wildman–Crippen LogP) is 2.74. The number of anilines is 1. The number of benzene rings is 1. The molecule has 1 aromatic carbocycles. The van der Waals surface area contributed by atoms with Crippen LogP contribution >= 0.6 is 11.3 Å². The number of aliphatic hydroxyl groups excluding tert-OH is 1. The number of halogens is 1. The van der Waals surface area contributed by atoms with E-state index >= 15 is 0 Å². The number of carbonyl (C=O) groups excluding carboxylic acids is 1. The first kappa shape index (κ1) is 13.5. The maximum Gasteiger partial charge on any atom is 0.319 e. The van der Waals surface area contributed by atoms with E-state index in [1.807, 2.05) is 10.8 Å². The number of urea groups is 1. The van der Waals surface area contributed by atoms with Gasteiger partial charge in [-0.1, -0.05) is 0 Å². The molecule has 0 fully saturated rings. The van der Waals surface area contributed by atoms with E-state index in [2.05, 4.69) is 10.6 Å². The topological polar surface area (TPSA) is 61.4 Å². The van der Waals surface area contributed by atoms with E-state index in [9.17, 15) is 14.3 Å². The number of nitrogens with one attached hydrogen (secondary N) is 2. The van der Waals surface area contributed by atoms with Gasteiger partial charge in [0.05, 0.1) is 6.10 Å². The molecular weight excluding hydrogens is 267 g/mol. The Balaban J connectivity index is 1.80. The monoisotopic (exact) mass is 280 g/mol. The van der Waals surface area contributed by atoms with Gasteiger partial charge in [-0.25, -0.2) is 9.18 Å². The minimum Gasteiger partial charge on any atom is -0.387 e. The molecule has 4 nitrogen and oxygen atoms in total. The standard InChI is InChI=1S/C13H13FN2O2S/c14-10-1-3-11(4-2-10)16-13(18)15-7-12(17)9-5-6-19-8-9/h1-6,8,12,17H,7H2,(H2,15,16,18). The van der Waals surface area contributed by atoms with Crippen LogP contribution in [0.3, 0.4) is 0 Å². The minimum absolute atomic E-state index is 0.115. The molecule has 0 radical (unpaired) electrons. The molecule has 1 aromatic heterocycles. The van der Waals surface area contributed by atoms with E-state index in [4.69, 9.17) is 0 Å². The smallest absolute Gasteiger partial charge is 0.319 e. The van der Waals surface area contributed by atoms with Gasteiger partial charge in [0.25, 0.3) is 0 Å². The molecule has 0 bridgehead atoms. The van der Waals surface area contributed by atoms with Crippen molar-refractivity contribution < 1.29 is 14.3 Å². The summed E-state index contributed by atoms with van der Waals surface area (Å²) in [6.07, 6.45) is -0.731. The van der Waals surface area contributed by atoms with Gasteiger partial charge < -0.3 is 15.7 Å². The minimum atomic E-state index is -0.731. The van der Waals surface area contributed by atoms with Crippen molar-refractivity contribution >= 4 is 23.1 Å². The molecule has 0 aliphatic rings. The van der Waals surface area contributed by atoms with Gasteiger partial charge in [-0.05, 0) is 46.7 Å². The molecule has 19 heavy (non-hydrogen) atoms. The quantitative estimate of drug-likeness (QED) is 0.806. The van der Waals surface area contributed by atoms with Gasteiger partial charge in [-0.2, -0.15) is 11.3 Å². The molecular formula is C13H13FN2O2S. The van der Waals surface area contributed by atoms with E-state index in [-0.39, 0.29) is 12.4 Å². The highest BCUT2D eigenvalue weighted by molar-refractivity contribution is 7.07. The highest BCUT2D eigenvalue weighted by Gasteiger charge is 2.09. The highest BCUT2D eigenvalue weighted by Crippen LogP contribution is 2.15. The molecule has 0 saturated heterocycles. The second-order valence-electron chi connectivity index (χ2n) is 3.91. The molecule has 3 N–H and O–H groups in total. The first-order chi connectivity index (χ1) is 9.15. The van der Waals surface area contributed by atoms with Crippen LogP contribution < -0.4 is 10.6 Å². The zero-order valence-corrected chi connectivity index (χ0v) is 10.8. The van der Waals surface area contributed by atoms with Gasteiger partial charge in [-0.3, -0.25) is 0 Å².